The Hall–Kier alpha value is -3.48. The van der Waals surface area contributed by atoms with E-state index in [4.69, 9.17) is 19.1 Å². The summed E-state index contributed by atoms with van der Waals surface area (Å²) in [5.41, 5.74) is 3.00. The van der Waals surface area contributed by atoms with Gasteiger partial charge in [-0.15, -0.1) is 10.2 Å². The molecule has 1 N–H and O–H groups in total. The van der Waals surface area contributed by atoms with Crippen molar-refractivity contribution in [3.63, 3.8) is 0 Å². The Morgan fingerprint density at radius 2 is 1.63 bits per heavy atom. The number of nitrogens with zero attached hydrogens (tertiary/aromatic N) is 4. The number of ether oxygens (including phenoxy) is 1. The minimum absolute atomic E-state index is 0.339. The van der Waals surface area contributed by atoms with Crippen LogP contribution in [0.1, 0.15) is 43.9 Å². The van der Waals surface area contributed by atoms with E-state index in [1.165, 1.54) is 19.3 Å². The Balaban J connectivity index is 1.54. The van der Waals surface area contributed by atoms with Gasteiger partial charge in [-0.3, -0.25) is 0 Å². The van der Waals surface area contributed by atoms with Crippen LogP contribution < -0.4 is 10.1 Å². The number of para-hydroxylation sites is 2. The van der Waals surface area contributed by atoms with Crippen molar-refractivity contribution < 1.29 is 9.15 Å². The van der Waals surface area contributed by atoms with Gasteiger partial charge in [-0.2, -0.15) is 0 Å². The molecule has 0 aliphatic heterocycles. The van der Waals surface area contributed by atoms with Crippen LogP contribution in [0.5, 0.6) is 5.75 Å². The molecule has 0 unspecified atom stereocenters. The van der Waals surface area contributed by atoms with Crippen molar-refractivity contribution in [2.75, 3.05) is 12.4 Å². The number of anilines is 2. The number of benzene rings is 2. The number of methoxy groups -OCH3 is 1. The molecule has 5 rings (SSSR count). The Bertz CT molecular complexity index is 1150. The van der Waals surface area contributed by atoms with Crippen LogP contribution in [0.25, 0.3) is 22.6 Å². The largest absolute Gasteiger partial charge is 0.497 e. The average Bonchev–Trinajstić information content (AvgIpc) is 3.30. The van der Waals surface area contributed by atoms with E-state index in [0.29, 0.717) is 29.2 Å². The van der Waals surface area contributed by atoms with E-state index in [-0.39, 0.29) is 0 Å². The van der Waals surface area contributed by atoms with Crippen LogP contribution in [0.2, 0.25) is 0 Å². The third-order valence-electron chi connectivity index (χ3n) is 5.52. The number of fused-ring (bicyclic) bond motifs is 1. The van der Waals surface area contributed by atoms with Crippen LogP contribution in [-0.2, 0) is 0 Å². The molecule has 152 valence electrons. The Morgan fingerprint density at radius 1 is 0.900 bits per heavy atom. The summed E-state index contributed by atoms with van der Waals surface area (Å²) in [5.74, 6) is 2.81. The van der Waals surface area contributed by atoms with Crippen LogP contribution in [0, 0.1) is 0 Å². The summed E-state index contributed by atoms with van der Waals surface area (Å²) in [7, 11) is 1.65. The minimum Gasteiger partial charge on any atom is -0.497 e. The monoisotopic (exact) mass is 401 g/mol. The number of hydrogen-bond acceptors (Lipinski definition) is 7. The molecular formula is C23H23N5O2. The van der Waals surface area contributed by atoms with Gasteiger partial charge in [0, 0.05) is 11.6 Å². The van der Waals surface area contributed by atoms with Crippen molar-refractivity contribution in [3.8, 4) is 17.3 Å². The van der Waals surface area contributed by atoms with E-state index in [0.717, 1.165) is 35.3 Å². The third-order valence-corrected chi connectivity index (χ3v) is 5.52. The number of rotatable bonds is 5. The lowest BCUT2D eigenvalue weighted by molar-refractivity contribution is 0.367. The second-order valence-corrected chi connectivity index (χ2v) is 7.54. The highest BCUT2D eigenvalue weighted by molar-refractivity contribution is 5.82. The zero-order valence-electron chi connectivity index (χ0n) is 16.8. The molecule has 0 radical (unpaired) electrons. The van der Waals surface area contributed by atoms with Gasteiger partial charge in [-0.25, -0.2) is 9.97 Å². The summed E-state index contributed by atoms with van der Waals surface area (Å²) in [6.07, 6.45) is 5.90. The standard InChI is InChI=1S/C23H23N5O2/c1-29-17-13-11-16(12-14-17)24-21-20(25-18-9-5-6-10-19(18)26-21)23-28-27-22(30-23)15-7-3-2-4-8-15/h5-6,9-15H,2-4,7-8H2,1H3,(H,24,26). The molecule has 0 spiro atoms. The van der Waals surface area contributed by atoms with Gasteiger partial charge >= 0.3 is 0 Å². The Morgan fingerprint density at radius 3 is 2.37 bits per heavy atom. The average molecular weight is 401 g/mol. The highest BCUT2D eigenvalue weighted by Crippen LogP contribution is 2.35. The van der Waals surface area contributed by atoms with Crippen LogP contribution in [0.3, 0.4) is 0 Å². The van der Waals surface area contributed by atoms with Crippen molar-refractivity contribution in [1.29, 1.82) is 0 Å². The molecule has 0 atom stereocenters. The van der Waals surface area contributed by atoms with Gasteiger partial charge in [-0.05, 0) is 49.2 Å². The first-order valence-electron chi connectivity index (χ1n) is 10.3. The molecule has 7 nitrogen and oxygen atoms in total. The van der Waals surface area contributed by atoms with Gasteiger partial charge in [-0.1, -0.05) is 31.4 Å². The first-order chi connectivity index (χ1) is 14.8. The van der Waals surface area contributed by atoms with Crippen LogP contribution >= 0.6 is 0 Å². The maximum atomic E-state index is 6.09. The van der Waals surface area contributed by atoms with Gasteiger partial charge in [0.15, 0.2) is 11.5 Å². The second kappa shape index (κ2) is 8.10. The molecule has 2 heterocycles. The lowest BCUT2D eigenvalue weighted by atomic mass is 9.89. The van der Waals surface area contributed by atoms with Gasteiger partial charge in [0.25, 0.3) is 5.89 Å². The quantitative estimate of drug-likeness (QED) is 0.474. The highest BCUT2D eigenvalue weighted by Gasteiger charge is 2.24. The molecule has 0 amide bonds. The topological polar surface area (TPSA) is 86.0 Å². The van der Waals surface area contributed by atoms with Crippen molar-refractivity contribution in [3.05, 3.63) is 54.4 Å². The van der Waals surface area contributed by atoms with Crippen molar-refractivity contribution in [1.82, 2.24) is 20.2 Å². The molecule has 1 saturated carbocycles. The fraction of sp³-hybridized carbons (Fsp3) is 0.304. The summed E-state index contributed by atoms with van der Waals surface area (Å²) >= 11 is 0. The Kier molecular flexibility index (Phi) is 5.01. The molecule has 7 heteroatoms. The Labute approximate surface area is 174 Å². The number of nitrogens with one attached hydrogen (secondary N) is 1. The fourth-order valence-corrected chi connectivity index (χ4v) is 3.89. The molecule has 0 saturated heterocycles. The predicted octanol–water partition coefficient (Wildman–Crippen LogP) is 5.48. The maximum Gasteiger partial charge on any atom is 0.270 e. The van der Waals surface area contributed by atoms with Crippen molar-refractivity contribution in [2.45, 2.75) is 38.0 Å². The van der Waals surface area contributed by atoms with Crippen LogP contribution in [0.4, 0.5) is 11.5 Å². The molecule has 0 bridgehead atoms. The first kappa shape index (κ1) is 18.5. The summed E-state index contributed by atoms with van der Waals surface area (Å²) in [4.78, 5) is 9.57. The summed E-state index contributed by atoms with van der Waals surface area (Å²) in [6.45, 7) is 0. The maximum absolute atomic E-state index is 6.09. The predicted molar refractivity (Wildman–Crippen MR) is 115 cm³/mol. The summed E-state index contributed by atoms with van der Waals surface area (Å²) in [6, 6.07) is 15.4. The molecule has 2 aromatic carbocycles. The van der Waals surface area contributed by atoms with Gasteiger partial charge in [0.05, 0.1) is 18.1 Å². The van der Waals surface area contributed by atoms with Crippen molar-refractivity contribution in [2.24, 2.45) is 0 Å². The van der Waals surface area contributed by atoms with E-state index < -0.39 is 0 Å². The molecular weight excluding hydrogens is 378 g/mol. The lowest BCUT2D eigenvalue weighted by Crippen LogP contribution is -2.04. The molecule has 2 aromatic heterocycles. The normalized spacial score (nSPS) is 14.7. The minimum atomic E-state index is 0.339. The van der Waals surface area contributed by atoms with E-state index in [1.54, 1.807) is 7.11 Å². The summed E-state index contributed by atoms with van der Waals surface area (Å²) in [5, 5.41) is 12.0. The van der Waals surface area contributed by atoms with Crippen LogP contribution in [0.15, 0.2) is 52.9 Å². The summed E-state index contributed by atoms with van der Waals surface area (Å²) < 4.78 is 11.3. The van der Waals surface area contributed by atoms with Gasteiger partial charge < -0.3 is 14.5 Å². The highest BCUT2D eigenvalue weighted by atomic mass is 16.5. The SMILES string of the molecule is COc1ccc(Nc2nc3ccccc3nc2-c2nnc(C3CCCCC3)o2)cc1. The van der Waals surface area contributed by atoms with E-state index in [2.05, 4.69) is 15.5 Å². The molecule has 30 heavy (non-hydrogen) atoms. The van der Waals surface area contributed by atoms with Crippen molar-refractivity contribution >= 4 is 22.5 Å². The van der Waals surface area contributed by atoms with Crippen LogP contribution in [-0.4, -0.2) is 27.3 Å². The zero-order valence-corrected chi connectivity index (χ0v) is 16.8. The fourth-order valence-electron chi connectivity index (χ4n) is 3.89. The number of hydrogen-bond donors (Lipinski definition) is 1. The first-order valence-corrected chi connectivity index (χ1v) is 10.3. The third kappa shape index (κ3) is 3.70. The van der Waals surface area contributed by atoms with Gasteiger partial charge in [0.2, 0.25) is 5.89 Å². The van der Waals surface area contributed by atoms with Gasteiger partial charge in [0.1, 0.15) is 5.75 Å². The second-order valence-electron chi connectivity index (χ2n) is 7.54. The van der Waals surface area contributed by atoms with E-state index in [9.17, 15) is 0 Å². The molecule has 1 fully saturated rings. The van der Waals surface area contributed by atoms with E-state index >= 15 is 0 Å². The molecule has 1 aliphatic carbocycles. The molecule has 4 aromatic rings. The smallest absolute Gasteiger partial charge is 0.270 e. The lowest BCUT2D eigenvalue weighted by Gasteiger charge is -2.17. The number of aromatic nitrogens is 4. The van der Waals surface area contributed by atoms with E-state index in [1.807, 2.05) is 48.5 Å². The zero-order chi connectivity index (χ0) is 20.3. The molecule has 1 aliphatic rings.